The van der Waals surface area contributed by atoms with Crippen molar-refractivity contribution in [3.63, 3.8) is 0 Å². The molecule has 1 saturated carbocycles. The average molecular weight is 451 g/mol. The predicted molar refractivity (Wildman–Crippen MR) is 127 cm³/mol. The second-order valence-corrected chi connectivity index (χ2v) is 10.4. The number of carbonyl (C=O) groups is 2. The smallest absolute Gasteiger partial charge is 0.325 e. The van der Waals surface area contributed by atoms with Gasteiger partial charge in [0.05, 0.1) is 6.54 Å². The summed E-state index contributed by atoms with van der Waals surface area (Å²) in [5, 5.41) is 13.4. The Kier molecular flexibility index (Phi) is 6.48. The van der Waals surface area contributed by atoms with Crippen molar-refractivity contribution in [2.24, 2.45) is 0 Å². The third kappa shape index (κ3) is 5.06. The van der Waals surface area contributed by atoms with Gasteiger partial charge in [0.25, 0.3) is 5.91 Å². The molecule has 33 heavy (non-hydrogen) atoms. The van der Waals surface area contributed by atoms with Crippen molar-refractivity contribution in [1.29, 1.82) is 0 Å². The molecule has 1 saturated heterocycles. The Morgan fingerprint density at radius 3 is 2.30 bits per heavy atom. The lowest BCUT2D eigenvalue weighted by Crippen LogP contribution is -2.49. The van der Waals surface area contributed by atoms with E-state index in [0.717, 1.165) is 17.7 Å². The van der Waals surface area contributed by atoms with E-state index in [4.69, 9.17) is 4.74 Å². The monoisotopic (exact) mass is 450 g/mol. The Labute approximate surface area is 195 Å². The van der Waals surface area contributed by atoms with E-state index in [0.29, 0.717) is 24.5 Å². The molecule has 0 aromatic heterocycles. The number of aliphatic hydroxyl groups excluding tert-OH is 1. The van der Waals surface area contributed by atoms with Crippen LogP contribution in [-0.4, -0.2) is 46.7 Å². The van der Waals surface area contributed by atoms with Gasteiger partial charge in [0, 0.05) is 0 Å². The third-order valence-corrected chi connectivity index (χ3v) is 6.91. The number of benzene rings is 2. The summed E-state index contributed by atoms with van der Waals surface area (Å²) in [5.74, 6) is 0.821. The summed E-state index contributed by atoms with van der Waals surface area (Å²) in [7, 11) is 0. The fourth-order valence-electron chi connectivity index (χ4n) is 4.86. The highest BCUT2D eigenvalue weighted by molar-refractivity contribution is 6.07. The number of amides is 3. The number of ether oxygens (including phenoxy) is 1. The fraction of sp³-hybridized carbons (Fsp3) is 0.481. The summed E-state index contributed by atoms with van der Waals surface area (Å²) >= 11 is 0. The van der Waals surface area contributed by atoms with Crippen LogP contribution in [0.2, 0.25) is 0 Å². The number of β-amino-alcohol motifs (C(OH)–C–C–N with tert-alkyl or cyclic N) is 1. The Balaban J connectivity index is 1.31. The molecule has 1 heterocycles. The molecule has 2 aliphatic rings. The van der Waals surface area contributed by atoms with Crippen molar-refractivity contribution in [3.8, 4) is 5.75 Å². The summed E-state index contributed by atoms with van der Waals surface area (Å²) in [6.07, 6.45) is 1.96. The first-order valence-electron chi connectivity index (χ1n) is 11.8. The minimum absolute atomic E-state index is 0.00893. The zero-order chi connectivity index (χ0) is 23.6. The number of nitrogens with one attached hydrogen (secondary N) is 1. The summed E-state index contributed by atoms with van der Waals surface area (Å²) in [5.41, 5.74) is 1.69. The van der Waals surface area contributed by atoms with Crippen LogP contribution in [0.25, 0.3) is 0 Å². The molecule has 1 aliphatic heterocycles. The normalized spacial score (nSPS) is 24.1. The lowest BCUT2D eigenvalue weighted by molar-refractivity contribution is -0.133. The molecular formula is C27H34N2O4. The van der Waals surface area contributed by atoms with Gasteiger partial charge in [-0.3, -0.25) is 9.69 Å². The number of imide groups is 1. The van der Waals surface area contributed by atoms with Crippen LogP contribution in [0.15, 0.2) is 54.6 Å². The van der Waals surface area contributed by atoms with Gasteiger partial charge in [0.1, 0.15) is 24.0 Å². The number of hydrogen-bond donors (Lipinski definition) is 2. The van der Waals surface area contributed by atoms with Crippen LogP contribution < -0.4 is 10.1 Å². The maximum atomic E-state index is 13.2. The molecule has 2 aromatic carbocycles. The van der Waals surface area contributed by atoms with Gasteiger partial charge in [0.2, 0.25) is 0 Å². The average Bonchev–Trinajstić information content (AvgIpc) is 3.02. The summed E-state index contributed by atoms with van der Waals surface area (Å²) in [4.78, 5) is 26.9. The van der Waals surface area contributed by atoms with Crippen LogP contribution in [-0.2, 0) is 10.2 Å². The van der Waals surface area contributed by atoms with Gasteiger partial charge in [-0.25, -0.2) is 4.79 Å². The second-order valence-electron chi connectivity index (χ2n) is 10.4. The van der Waals surface area contributed by atoms with Crippen molar-refractivity contribution in [3.05, 3.63) is 65.7 Å². The van der Waals surface area contributed by atoms with Crippen molar-refractivity contribution < 1.29 is 19.4 Å². The third-order valence-electron chi connectivity index (χ3n) is 6.91. The van der Waals surface area contributed by atoms with Crippen LogP contribution in [0.5, 0.6) is 5.75 Å². The highest BCUT2D eigenvalue weighted by atomic mass is 16.5. The highest BCUT2D eigenvalue weighted by Crippen LogP contribution is 2.40. The number of aliphatic hydroxyl groups is 1. The molecule has 2 fully saturated rings. The first-order chi connectivity index (χ1) is 15.7. The minimum atomic E-state index is -0.960. The van der Waals surface area contributed by atoms with Crippen LogP contribution in [0.1, 0.15) is 63.5 Å². The van der Waals surface area contributed by atoms with Crippen LogP contribution in [0, 0.1) is 0 Å². The fourth-order valence-corrected chi connectivity index (χ4v) is 4.86. The lowest BCUT2D eigenvalue weighted by Gasteiger charge is -2.35. The highest BCUT2D eigenvalue weighted by Gasteiger charge is 2.52. The van der Waals surface area contributed by atoms with Gasteiger partial charge < -0.3 is 15.2 Å². The zero-order valence-corrected chi connectivity index (χ0v) is 19.7. The molecular weight excluding hydrogens is 416 g/mol. The molecule has 0 bridgehead atoms. The number of carbonyl (C=O) groups excluding carboxylic acids is 2. The molecule has 2 aromatic rings. The molecule has 4 rings (SSSR count). The Morgan fingerprint density at radius 2 is 1.70 bits per heavy atom. The maximum Gasteiger partial charge on any atom is 0.325 e. The van der Waals surface area contributed by atoms with Crippen molar-refractivity contribution >= 4 is 11.9 Å². The van der Waals surface area contributed by atoms with Gasteiger partial charge in [-0.1, -0.05) is 63.2 Å². The second kappa shape index (κ2) is 9.18. The Morgan fingerprint density at radius 1 is 1.06 bits per heavy atom. The molecule has 1 atom stereocenters. The van der Waals surface area contributed by atoms with Gasteiger partial charge in [-0.15, -0.1) is 0 Å². The Bertz CT molecular complexity index is 973. The lowest BCUT2D eigenvalue weighted by atomic mass is 9.74. The molecule has 6 nitrogen and oxygen atoms in total. The molecule has 176 valence electrons. The summed E-state index contributed by atoms with van der Waals surface area (Å²) in [6, 6.07) is 17.7. The maximum absolute atomic E-state index is 13.2. The van der Waals surface area contributed by atoms with Crippen molar-refractivity contribution in [2.75, 3.05) is 13.2 Å². The van der Waals surface area contributed by atoms with E-state index >= 15 is 0 Å². The van der Waals surface area contributed by atoms with Gasteiger partial charge >= 0.3 is 6.03 Å². The summed E-state index contributed by atoms with van der Waals surface area (Å²) in [6.45, 7) is 6.37. The largest absolute Gasteiger partial charge is 0.491 e. The van der Waals surface area contributed by atoms with E-state index in [1.54, 1.807) is 0 Å². The molecule has 1 spiro atoms. The molecule has 3 amide bonds. The number of hydrogen-bond acceptors (Lipinski definition) is 4. The quantitative estimate of drug-likeness (QED) is 0.641. The molecule has 1 unspecified atom stereocenters. The zero-order valence-electron chi connectivity index (χ0n) is 19.7. The first-order valence-corrected chi connectivity index (χ1v) is 11.8. The predicted octanol–water partition coefficient (Wildman–Crippen LogP) is 4.37. The first kappa shape index (κ1) is 23.3. The van der Waals surface area contributed by atoms with E-state index in [1.807, 2.05) is 42.5 Å². The molecule has 1 aliphatic carbocycles. The van der Waals surface area contributed by atoms with Crippen LogP contribution in [0.3, 0.4) is 0 Å². The minimum Gasteiger partial charge on any atom is -0.491 e. The van der Waals surface area contributed by atoms with E-state index < -0.39 is 17.7 Å². The van der Waals surface area contributed by atoms with E-state index in [1.165, 1.54) is 11.1 Å². The Hall–Kier alpha value is -2.86. The molecule has 0 radical (unpaired) electrons. The number of rotatable bonds is 6. The van der Waals surface area contributed by atoms with Crippen molar-refractivity contribution in [1.82, 2.24) is 10.2 Å². The van der Waals surface area contributed by atoms with Gasteiger partial charge in [0.15, 0.2) is 0 Å². The molecule has 2 N–H and O–H groups in total. The van der Waals surface area contributed by atoms with E-state index in [-0.39, 0.29) is 24.5 Å². The van der Waals surface area contributed by atoms with Crippen molar-refractivity contribution in [2.45, 2.75) is 69.4 Å². The van der Waals surface area contributed by atoms with Gasteiger partial charge in [-0.2, -0.15) is 0 Å². The van der Waals surface area contributed by atoms with Crippen LogP contribution >= 0.6 is 0 Å². The molecule has 6 heteroatoms. The number of urea groups is 1. The standard InChI is InChI=1S/C27H34N2O4/c1-26(2,3)21-9-11-23(12-10-21)33-18-22(30)17-29-24(31)27(28-25(29)32)15-13-20(14-16-27)19-7-5-4-6-8-19/h4-12,20,22,30H,13-18H2,1-3H3,(H,28,32). The summed E-state index contributed by atoms with van der Waals surface area (Å²) < 4.78 is 5.70. The van der Waals surface area contributed by atoms with E-state index in [2.05, 4.69) is 38.2 Å². The topological polar surface area (TPSA) is 78.9 Å². The number of nitrogens with zero attached hydrogens (tertiary/aromatic N) is 1. The van der Waals surface area contributed by atoms with E-state index in [9.17, 15) is 14.7 Å². The van der Waals surface area contributed by atoms with Gasteiger partial charge in [-0.05, 0) is 60.3 Å². The van der Waals surface area contributed by atoms with Crippen LogP contribution in [0.4, 0.5) is 4.79 Å². The SMILES string of the molecule is CC(C)(C)c1ccc(OCC(O)CN2C(=O)NC3(CCC(c4ccccc4)CC3)C2=O)cc1.